The maximum Gasteiger partial charge on any atom is 0.244 e. The number of nitrogens with zero attached hydrogens (tertiary/aromatic N) is 3. The van der Waals surface area contributed by atoms with E-state index in [1.807, 2.05) is 30.3 Å². The van der Waals surface area contributed by atoms with Crippen molar-refractivity contribution < 1.29 is 27.5 Å². The summed E-state index contributed by atoms with van der Waals surface area (Å²) in [5.41, 5.74) is 2.75. The fourth-order valence-electron chi connectivity index (χ4n) is 5.07. The van der Waals surface area contributed by atoms with Gasteiger partial charge in [-0.15, -0.1) is 11.8 Å². The lowest BCUT2D eigenvalue weighted by Crippen LogP contribution is -2.40. The number of rotatable bonds is 7. The zero-order valence-corrected chi connectivity index (χ0v) is 24.2. The molecular formula is C33H25F3N4O3S. The number of carbonyl (C=O) groups excluding carboxylic acids is 2. The van der Waals surface area contributed by atoms with Crippen LogP contribution in [0.4, 0.5) is 24.7 Å². The van der Waals surface area contributed by atoms with Gasteiger partial charge in [-0.2, -0.15) is 5.10 Å². The predicted octanol–water partition coefficient (Wildman–Crippen LogP) is 6.77. The molecule has 7 nitrogen and oxygen atoms in total. The number of fused-ring (bicyclic) bond motifs is 1. The number of aromatic nitrogens is 2. The first-order valence-electron chi connectivity index (χ1n) is 13.6. The Hall–Kier alpha value is -5.03. The SMILES string of the molecule is COc1ccc(-n2nc(-c3ccccc3)c3c2N(CC(=O)Nc2ccc(F)cc2)C(=O)CSC3c2ccc(F)cc2F)cc1. The average Bonchev–Trinajstić information content (AvgIpc) is 3.36. The van der Waals surface area contributed by atoms with E-state index in [1.54, 1.807) is 36.1 Å². The standard InChI is InChI=1S/C33H25F3N4O3S/c1-43-25-14-12-24(13-15-25)40-33-30(31(38-40)20-5-3-2-4-6-20)32(26-16-9-22(35)17-27(26)36)44-19-29(42)39(33)18-28(41)37-23-10-7-21(34)8-11-23/h2-17,32H,18-19H2,1H3,(H,37,41). The summed E-state index contributed by atoms with van der Waals surface area (Å²) in [6.45, 7) is -0.404. The van der Waals surface area contributed by atoms with Gasteiger partial charge in [0.05, 0.1) is 29.5 Å². The summed E-state index contributed by atoms with van der Waals surface area (Å²) >= 11 is 1.17. The lowest BCUT2D eigenvalue weighted by molar-refractivity contribution is -0.120. The van der Waals surface area contributed by atoms with E-state index < -0.39 is 41.1 Å². The molecule has 222 valence electrons. The van der Waals surface area contributed by atoms with Crippen molar-refractivity contribution in [2.24, 2.45) is 0 Å². The number of anilines is 2. The van der Waals surface area contributed by atoms with E-state index in [2.05, 4.69) is 5.32 Å². The van der Waals surface area contributed by atoms with Crippen molar-refractivity contribution in [3.8, 4) is 22.7 Å². The second-order valence-corrected chi connectivity index (χ2v) is 11.0. The van der Waals surface area contributed by atoms with Crippen LogP contribution >= 0.6 is 11.8 Å². The monoisotopic (exact) mass is 614 g/mol. The maximum atomic E-state index is 15.4. The highest BCUT2D eigenvalue weighted by atomic mass is 32.2. The second kappa shape index (κ2) is 12.3. The quantitative estimate of drug-likeness (QED) is 0.219. The van der Waals surface area contributed by atoms with Gasteiger partial charge in [0.1, 0.15) is 35.6 Å². The van der Waals surface area contributed by atoms with Gasteiger partial charge in [0, 0.05) is 28.4 Å². The lowest BCUT2D eigenvalue weighted by atomic mass is 9.99. The molecule has 44 heavy (non-hydrogen) atoms. The third kappa shape index (κ3) is 5.78. The number of carbonyl (C=O) groups is 2. The zero-order valence-electron chi connectivity index (χ0n) is 23.3. The van der Waals surface area contributed by atoms with Gasteiger partial charge in [0.15, 0.2) is 0 Å². The van der Waals surface area contributed by atoms with Crippen molar-refractivity contribution in [3.63, 3.8) is 0 Å². The molecule has 6 rings (SSSR count). The first-order valence-corrected chi connectivity index (χ1v) is 14.6. The van der Waals surface area contributed by atoms with Crippen molar-refractivity contribution in [1.82, 2.24) is 9.78 Å². The second-order valence-electron chi connectivity index (χ2n) is 9.95. The highest BCUT2D eigenvalue weighted by Crippen LogP contribution is 2.49. The van der Waals surface area contributed by atoms with Crippen molar-refractivity contribution in [1.29, 1.82) is 0 Å². The molecule has 1 unspecified atom stereocenters. The summed E-state index contributed by atoms with van der Waals surface area (Å²) in [6, 6.07) is 24.8. The van der Waals surface area contributed by atoms with Crippen LogP contribution in [0.25, 0.3) is 16.9 Å². The molecular weight excluding hydrogens is 589 g/mol. The third-order valence-corrected chi connectivity index (χ3v) is 8.36. The Morgan fingerprint density at radius 1 is 0.955 bits per heavy atom. The molecule has 1 N–H and O–H groups in total. The molecule has 11 heteroatoms. The molecule has 0 aliphatic carbocycles. The minimum atomic E-state index is -0.776. The van der Waals surface area contributed by atoms with E-state index >= 15 is 4.39 Å². The van der Waals surface area contributed by atoms with Crippen molar-refractivity contribution in [2.45, 2.75) is 5.25 Å². The van der Waals surface area contributed by atoms with Crippen LogP contribution in [-0.2, 0) is 9.59 Å². The normalized spacial score (nSPS) is 14.6. The molecule has 0 saturated carbocycles. The summed E-state index contributed by atoms with van der Waals surface area (Å²) in [7, 11) is 1.54. The number of amides is 2. The van der Waals surface area contributed by atoms with Crippen LogP contribution in [0.2, 0.25) is 0 Å². The minimum absolute atomic E-state index is 0.100. The zero-order chi connectivity index (χ0) is 30.8. The highest BCUT2D eigenvalue weighted by Gasteiger charge is 2.38. The van der Waals surface area contributed by atoms with E-state index in [0.29, 0.717) is 33.9 Å². The van der Waals surface area contributed by atoms with E-state index in [1.165, 1.54) is 53.1 Å². The maximum absolute atomic E-state index is 15.4. The molecule has 0 fully saturated rings. The molecule has 2 heterocycles. The van der Waals surface area contributed by atoms with Gasteiger partial charge in [-0.25, -0.2) is 17.9 Å². The average molecular weight is 615 g/mol. The van der Waals surface area contributed by atoms with Crippen molar-refractivity contribution in [3.05, 3.63) is 126 Å². The van der Waals surface area contributed by atoms with Gasteiger partial charge in [-0.3, -0.25) is 14.5 Å². The molecule has 0 radical (unpaired) electrons. The van der Waals surface area contributed by atoms with Gasteiger partial charge in [0.2, 0.25) is 11.8 Å². The molecule has 0 saturated heterocycles. The summed E-state index contributed by atoms with van der Waals surface area (Å²) < 4.78 is 49.7. The molecule has 1 aliphatic rings. The molecule has 1 aliphatic heterocycles. The number of methoxy groups -OCH3 is 1. The van der Waals surface area contributed by atoms with E-state index in [9.17, 15) is 18.4 Å². The largest absolute Gasteiger partial charge is 0.497 e. The summed E-state index contributed by atoms with van der Waals surface area (Å²) in [5, 5.41) is 6.87. The van der Waals surface area contributed by atoms with Gasteiger partial charge in [-0.05, 0) is 54.6 Å². The third-order valence-electron chi connectivity index (χ3n) is 7.13. The van der Waals surface area contributed by atoms with Crippen LogP contribution in [0, 0.1) is 17.5 Å². The fourth-order valence-corrected chi connectivity index (χ4v) is 6.29. The van der Waals surface area contributed by atoms with Crippen molar-refractivity contribution >= 4 is 35.1 Å². The number of hydrogen-bond acceptors (Lipinski definition) is 5. The molecule has 2 amide bonds. The van der Waals surface area contributed by atoms with Gasteiger partial charge in [-0.1, -0.05) is 36.4 Å². The predicted molar refractivity (Wildman–Crippen MR) is 164 cm³/mol. The number of halogens is 3. The summed E-state index contributed by atoms with van der Waals surface area (Å²) in [5.74, 6) is -2.12. The Kier molecular flexibility index (Phi) is 8.12. The van der Waals surface area contributed by atoms with Crippen LogP contribution in [0.3, 0.4) is 0 Å². The van der Waals surface area contributed by atoms with Crippen molar-refractivity contribution in [2.75, 3.05) is 29.6 Å². The highest BCUT2D eigenvalue weighted by molar-refractivity contribution is 8.00. The smallest absolute Gasteiger partial charge is 0.244 e. The Morgan fingerprint density at radius 3 is 2.34 bits per heavy atom. The Morgan fingerprint density at radius 2 is 1.66 bits per heavy atom. The van der Waals surface area contributed by atoms with Gasteiger partial charge in [0.25, 0.3) is 0 Å². The molecule has 4 aromatic carbocycles. The van der Waals surface area contributed by atoms with Gasteiger partial charge < -0.3 is 10.1 Å². The van der Waals surface area contributed by atoms with E-state index in [0.717, 1.165) is 6.07 Å². The Bertz CT molecular complexity index is 1830. The van der Waals surface area contributed by atoms with Crippen LogP contribution in [0.15, 0.2) is 97.1 Å². The number of benzene rings is 4. The lowest BCUT2D eigenvalue weighted by Gasteiger charge is -2.23. The first kappa shape index (κ1) is 29.1. The molecule has 1 atom stereocenters. The van der Waals surface area contributed by atoms with Crippen LogP contribution in [0.5, 0.6) is 5.75 Å². The van der Waals surface area contributed by atoms with Crippen LogP contribution in [0.1, 0.15) is 16.4 Å². The molecule has 0 spiro atoms. The Labute approximate surface area is 255 Å². The van der Waals surface area contributed by atoms with Crippen LogP contribution < -0.4 is 15.0 Å². The topological polar surface area (TPSA) is 76.5 Å². The minimum Gasteiger partial charge on any atom is -0.497 e. The number of hydrogen-bond donors (Lipinski definition) is 1. The molecule has 1 aromatic heterocycles. The fraction of sp³-hybridized carbons (Fsp3) is 0.121. The number of ether oxygens (including phenoxy) is 1. The number of thioether (sulfide) groups is 1. The van der Waals surface area contributed by atoms with E-state index in [4.69, 9.17) is 9.84 Å². The molecule has 0 bridgehead atoms. The summed E-state index contributed by atoms with van der Waals surface area (Å²) in [4.78, 5) is 28.5. The van der Waals surface area contributed by atoms with Gasteiger partial charge >= 0.3 is 0 Å². The number of nitrogens with one attached hydrogen (secondary N) is 1. The molecule has 5 aromatic rings. The van der Waals surface area contributed by atoms with E-state index in [-0.39, 0.29) is 17.1 Å². The first-order chi connectivity index (χ1) is 21.3. The van der Waals surface area contributed by atoms with Crippen LogP contribution in [-0.4, -0.2) is 41.0 Å². The summed E-state index contributed by atoms with van der Waals surface area (Å²) in [6.07, 6.45) is 0. The Balaban J connectivity index is 1.56.